The van der Waals surface area contributed by atoms with E-state index in [0.29, 0.717) is 16.8 Å². The number of piperazine rings is 1. The molecule has 0 atom stereocenters. The van der Waals surface area contributed by atoms with E-state index >= 15 is 0 Å². The zero-order valence-electron chi connectivity index (χ0n) is 23.3. The van der Waals surface area contributed by atoms with Gasteiger partial charge in [-0.05, 0) is 48.0 Å². The quantitative estimate of drug-likeness (QED) is 0.290. The molecule has 41 heavy (non-hydrogen) atoms. The molecule has 0 radical (unpaired) electrons. The summed E-state index contributed by atoms with van der Waals surface area (Å²) in [5.74, 6) is 2.42. The molecule has 10 heteroatoms. The molecule has 3 aromatic carbocycles. The van der Waals surface area contributed by atoms with Gasteiger partial charge in [-0.25, -0.2) is 4.98 Å². The fourth-order valence-electron chi connectivity index (χ4n) is 5.35. The van der Waals surface area contributed by atoms with Crippen LogP contribution in [0.3, 0.4) is 0 Å². The summed E-state index contributed by atoms with van der Waals surface area (Å²) in [6.45, 7) is 4.39. The van der Waals surface area contributed by atoms with E-state index in [1.807, 2.05) is 48.5 Å². The number of hydrogen-bond acceptors (Lipinski definition) is 8. The second kappa shape index (κ2) is 11.3. The lowest BCUT2D eigenvalue weighted by molar-refractivity contribution is 0.245. The summed E-state index contributed by atoms with van der Waals surface area (Å²) in [4.78, 5) is 25.6. The number of hydrogen-bond donors (Lipinski definition) is 1. The first-order chi connectivity index (χ1) is 20.1. The first kappa shape index (κ1) is 26.4. The summed E-state index contributed by atoms with van der Waals surface area (Å²) < 4.78 is 17.8. The van der Waals surface area contributed by atoms with Gasteiger partial charge in [0.1, 0.15) is 34.6 Å². The smallest absolute Gasteiger partial charge is 0.298 e. The third kappa shape index (κ3) is 5.21. The summed E-state index contributed by atoms with van der Waals surface area (Å²) >= 11 is 0. The zero-order valence-corrected chi connectivity index (χ0v) is 23.3. The lowest BCUT2D eigenvalue weighted by Gasteiger charge is -2.36. The van der Waals surface area contributed by atoms with Crippen LogP contribution in [0.1, 0.15) is 11.1 Å². The molecule has 0 bridgehead atoms. The molecule has 5 aromatic rings. The molecular formula is C31H32N6O4. The van der Waals surface area contributed by atoms with Crippen LogP contribution in [-0.4, -0.2) is 73.3 Å². The topological polar surface area (TPSA) is 97.2 Å². The first-order valence-electron chi connectivity index (χ1n) is 13.5. The van der Waals surface area contributed by atoms with E-state index in [0.717, 1.165) is 71.9 Å². The largest absolute Gasteiger partial charge is 0.497 e. The highest BCUT2D eigenvalue weighted by molar-refractivity contribution is 6.04. The number of anilines is 1. The Kier molecular flexibility index (Phi) is 7.30. The van der Waals surface area contributed by atoms with E-state index in [1.165, 1.54) is 11.0 Å². The third-order valence-corrected chi connectivity index (χ3v) is 7.52. The maximum atomic E-state index is 13.2. The van der Waals surface area contributed by atoms with Gasteiger partial charge in [-0.1, -0.05) is 12.1 Å². The van der Waals surface area contributed by atoms with Crippen molar-refractivity contribution in [1.29, 1.82) is 0 Å². The van der Waals surface area contributed by atoms with Crippen molar-refractivity contribution in [1.82, 2.24) is 19.5 Å². The lowest BCUT2D eigenvalue weighted by Crippen LogP contribution is -2.46. The molecular weight excluding hydrogens is 520 g/mol. The van der Waals surface area contributed by atoms with Crippen molar-refractivity contribution in [3.05, 3.63) is 88.5 Å². The third-order valence-electron chi connectivity index (χ3n) is 7.52. The van der Waals surface area contributed by atoms with Crippen molar-refractivity contribution >= 4 is 33.8 Å². The summed E-state index contributed by atoms with van der Waals surface area (Å²) in [7, 11) is 5.00. The van der Waals surface area contributed by atoms with Crippen molar-refractivity contribution in [3.63, 3.8) is 0 Å². The van der Waals surface area contributed by atoms with Gasteiger partial charge in [0, 0.05) is 49.7 Å². The average molecular weight is 553 g/mol. The van der Waals surface area contributed by atoms with Crippen molar-refractivity contribution in [2.45, 2.75) is 6.54 Å². The number of methoxy groups -OCH3 is 3. The number of aromatic amines is 1. The Bertz CT molecular complexity index is 1790. The number of benzene rings is 3. The van der Waals surface area contributed by atoms with Crippen molar-refractivity contribution < 1.29 is 14.2 Å². The van der Waals surface area contributed by atoms with E-state index in [2.05, 4.69) is 37.0 Å². The van der Waals surface area contributed by atoms with E-state index in [4.69, 9.17) is 14.2 Å². The number of rotatable bonds is 8. The predicted octanol–water partition coefficient (Wildman–Crippen LogP) is 4.11. The number of H-pyrrole nitrogens is 1. The van der Waals surface area contributed by atoms with Gasteiger partial charge >= 0.3 is 0 Å². The minimum atomic E-state index is -0.275. The van der Waals surface area contributed by atoms with Gasteiger partial charge in [-0.2, -0.15) is 9.78 Å². The lowest BCUT2D eigenvalue weighted by atomic mass is 10.1. The van der Waals surface area contributed by atoms with Gasteiger partial charge in [-0.3, -0.25) is 9.69 Å². The molecule has 6 rings (SSSR count). The normalized spacial score (nSPS) is 14.3. The predicted molar refractivity (Wildman–Crippen MR) is 161 cm³/mol. The molecule has 1 saturated heterocycles. The van der Waals surface area contributed by atoms with Crippen LogP contribution in [0.2, 0.25) is 0 Å². The molecule has 0 aliphatic carbocycles. The zero-order chi connectivity index (χ0) is 28.3. The fraction of sp³-hybridized carbons (Fsp3) is 0.258. The average Bonchev–Trinajstić information content (AvgIpc) is 3.40. The maximum absolute atomic E-state index is 13.2. The number of aromatic nitrogens is 3. The van der Waals surface area contributed by atoms with Gasteiger partial charge in [0.05, 0.1) is 38.7 Å². The van der Waals surface area contributed by atoms with Crippen LogP contribution in [0.5, 0.6) is 17.2 Å². The Labute approximate surface area is 237 Å². The van der Waals surface area contributed by atoms with Crippen LogP contribution in [0.4, 0.5) is 5.69 Å². The summed E-state index contributed by atoms with van der Waals surface area (Å²) in [6, 6.07) is 19.7. The fourth-order valence-corrected chi connectivity index (χ4v) is 5.35. The maximum Gasteiger partial charge on any atom is 0.298 e. The SMILES string of the molecule is COc1ccc2c(c1)[nH]c1c(=O)n(N=Cc3ccc(OC)c(CN4CCN(c5ccccc5OC)CC4)c3)cnc12. The number of ether oxygens (including phenoxy) is 3. The second-order valence-corrected chi connectivity index (χ2v) is 9.91. The number of nitrogens with one attached hydrogen (secondary N) is 1. The van der Waals surface area contributed by atoms with Crippen molar-refractivity contribution in [3.8, 4) is 17.2 Å². The highest BCUT2D eigenvalue weighted by Crippen LogP contribution is 2.29. The molecule has 10 nitrogen and oxygen atoms in total. The molecule has 2 aromatic heterocycles. The highest BCUT2D eigenvalue weighted by Gasteiger charge is 2.20. The van der Waals surface area contributed by atoms with Gasteiger partial charge < -0.3 is 24.1 Å². The van der Waals surface area contributed by atoms with Gasteiger partial charge in [0.15, 0.2) is 0 Å². The van der Waals surface area contributed by atoms with Crippen LogP contribution in [0.25, 0.3) is 21.9 Å². The Hall–Kier alpha value is -4.83. The van der Waals surface area contributed by atoms with Gasteiger partial charge in [-0.15, -0.1) is 0 Å². The number of para-hydroxylation sites is 2. The van der Waals surface area contributed by atoms with Crippen LogP contribution >= 0.6 is 0 Å². The highest BCUT2D eigenvalue weighted by atomic mass is 16.5. The minimum Gasteiger partial charge on any atom is -0.497 e. The van der Waals surface area contributed by atoms with E-state index in [-0.39, 0.29) is 5.56 Å². The van der Waals surface area contributed by atoms with Crippen LogP contribution in [0, 0.1) is 0 Å². The van der Waals surface area contributed by atoms with E-state index in [1.54, 1.807) is 27.5 Å². The molecule has 0 saturated carbocycles. The molecule has 1 aliphatic heterocycles. The van der Waals surface area contributed by atoms with E-state index < -0.39 is 0 Å². The molecule has 0 spiro atoms. The number of nitrogens with zero attached hydrogens (tertiary/aromatic N) is 5. The molecule has 3 heterocycles. The Morgan fingerprint density at radius 1 is 0.927 bits per heavy atom. The molecule has 0 unspecified atom stereocenters. The van der Waals surface area contributed by atoms with Crippen molar-refractivity contribution in [2.75, 3.05) is 52.4 Å². The van der Waals surface area contributed by atoms with E-state index in [9.17, 15) is 4.79 Å². The van der Waals surface area contributed by atoms with Crippen LogP contribution < -0.4 is 24.7 Å². The van der Waals surface area contributed by atoms with Crippen molar-refractivity contribution in [2.24, 2.45) is 5.10 Å². The second-order valence-electron chi connectivity index (χ2n) is 9.91. The monoisotopic (exact) mass is 552 g/mol. The molecule has 1 fully saturated rings. The molecule has 1 aliphatic rings. The summed E-state index contributed by atoms with van der Waals surface area (Å²) in [6.07, 6.45) is 3.12. The molecule has 0 amide bonds. The Balaban J connectivity index is 1.19. The standard InChI is InChI=1S/C31H32N6O4/c1-39-23-9-10-24-25(17-23)34-30-29(24)32-20-37(31(30)38)33-18-21-8-11-27(40-2)22(16-21)19-35-12-14-36(15-13-35)26-6-4-5-7-28(26)41-3/h4-11,16-18,20,34H,12-15,19H2,1-3H3. The summed E-state index contributed by atoms with van der Waals surface area (Å²) in [5.41, 5.74) is 4.57. The minimum absolute atomic E-state index is 0.275. The van der Waals surface area contributed by atoms with Crippen LogP contribution in [-0.2, 0) is 6.54 Å². The Morgan fingerprint density at radius 3 is 2.51 bits per heavy atom. The van der Waals surface area contributed by atoms with Crippen LogP contribution in [0.15, 0.2) is 76.9 Å². The Morgan fingerprint density at radius 2 is 1.73 bits per heavy atom. The summed E-state index contributed by atoms with van der Waals surface area (Å²) in [5, 5.41) is 5.29. The van der Waals surface area contributed by atoms with Gasteiger partial charge in [0.25, 0.3) is 5.56 Å². The first-order valence-corrected chi connectivity index (χ1v) is 13.5. The molecule has 210 valence electrons. The van der Waals surface area contributed by atoms with Gasteiger partial charge in [0.2, 0.25) is 0 Å². The number of fused-ring (bicyclic) bond motifs is 3. The molecule has 1 N–H and O–H groups in total.